The maximum absolute atomic E-state index is 5.92. The van der Waals surface area contributed by atoms with Gasteiger partial charge in [-0.05, 0) is 31.2 Å². The molecule has 2 rings (SSSR count). The predicted molar refractivity (Wildman–Crippen MR) is 73.7 cm³/mol. The average Bonchev–Trinajstić information content (AvgIpc) is 2.77. The molecule has 0 spiro atoms. The third kappa shape index (κ3) is 3.80. The van der Waals surface area contributed by atoms with Crippen LogP contribution in [-0.4, -0.2) is 11.5 Å². The van der Waals surface area contributed by atoms with Gasteiger partial charge in [0.1, 0.15) is 0 Å². The molecule has 2 aromatic heterocycles. The average molecular weight is 267 g/mol. The highest BCUT2D eigenvalue weighted by atomic mass is 35.5. The van der Waals surface area contributed by atoms with E-state index in [0.29, 0.717) is 6.04 Å². The number of halogens is 1. The summed E-state index contributed by atoms with van der Waals surface area (Å²) in [7, 11) is 0. The van der Waals surface area contributed by atoms with E-state index in [-0.39, 0.29) is 0 Å². The Bertz CT molecular complexity index is 455. The SMILES string of the molecule is CC(NCCc1ccccn1)c1ccc(Cl)s1. The molecule has 0 aliphatic carbocycles. The molecule has 2 nitrogen and oxygen atoms in total. The number of rotatable bonds is 5. The summed E-state index contributed by atoms with van der Waals surface area (Å²) >= 11 is 7.54. The second-order valence-corrected chi connectivity index (χ2v) is 5.64. The highest BCUT2D eigenvalue weighted by molar-refractivity contribution is 7.16. The van der Waals surface area contributed by atoms with Gasteiger partial charge in [0.2, 0.25) is 0 Å². The molecule has 0 aliphatic heterocycles. The lowest BCUT2D eigenvalue weighted by atomic mass is 10.2. The number of nitrogens with zero attached hydrogens (tertiary/aromatic N) is 1. The zero-order valence-electron chi connectivity index (χ0n) is 9.69. The van der Waals surface area contributed by atoms with Gasteiger partial charge in [-0.2, -0.15) is 0 Å². The van der Waals surface area contributed by atoms with E-state index in [1.165, 1.54) is 4.88 Å². The quantitative estimate of drug-likeness (QED) is 0.893. The van der Waals surface area contributed by atoms with E-state index in [4.69, 9.17) is 11.6 Å². The first kappa shape index (κ1) is 12.6. The molecular formula is C13H15ClN2S. The van der Waals surface area contributed by atoms with Crippen LogP contribution in [0.2, 0.25) is 4.34 Å². The number of hydrogen-bond donors (Lipinski definition) is 1. The van der Waals surface area contributed by atoms with Crippen molar-refractivity contribution in [3.05, 3.63) is 51.4 Å². The zero-order valence-corrected chi connectivity index (χ0v) is 11.3. The molecule has 1 N–H and O–H groups in total. The molecule has 2 aromatic rings. The van der Waals surface area contributed by atoms with Crippen molar-refractivity contribution in [2.45, 2.75) is 19.4 Å². The van der Waals surface area contributed by atoms with Crippen molar-refractivity contribution in [1.82, 2.24) is 10.3 Å². The summed E-state index contributed by atoms with van der Waals surface area (Å²) < 4.78 is 0.846. The molecule has 0 fully saturated rings. The number of aromatic nitrogens is 1. The molecule has 0 aromatic carbocycles. The lowest BCUT2D eigenvalue weighted by Gasteiger charge is -2.11. The zero-order chi connectivity index (χ0) is 12.1. The number of pyridine rings is 1. The molecule has 1 unspecified atom stereocenters. The predicted octanol–water partition coefficient (Wildman–Crippen LogP) is 3.69. The Morgan fingerprint density at radius 3 is 2.88 bits per heavy atom. The van der Waals surface area contributed by atoms with Gasteiger partial charge in [0.25, 0.3) is 0 Å². The fourth-order valence-corrected chi connectivity index (χ4v) is 2.71. The molecule has 0 saturated carbocycles. The Kier molecular flexibility index (Phi) is 4.54. The van der Waals surface area contributed by atoms with Gasteiger partial charge in [-0.1, -0.05) is 17.7 Å². The molecule has 0 amide bonds. The second-order valence-electron chi connectivity index (χ2n) is 3.89. The number of hydrogen-bond acceptors (Lipinski definition) is 3. The first-order valence-corrected chi connectivity index (χ1v) is 6.83. The summed E-state index contributed by atoms with van der Waals surface area (Å²) in [4.78, 5) is 5.57. The van der Waals surface area contributed by atoms with Crippen LogP contribution in [0.4, 0.5) is 0 Å². The Labute approximate surface area is 111 Å². The highest BCUT2D eigenvalue weighted by Gasteiger charge is 2.07. The standard InChI is InChI=1S/C13H15ClN2S/c1-10(12-5-6-13(14)17-12)15-9-7-11-4-2-3-8-16-11/h2-6,8,10,15H,7,9H2,1H3. The molecule has 0 radical (unpaired) electrons. The van der Waals surface area contributed by atoms with Crippen LogP contribution in [0.5, 0.6) is 0 Å². The van der Waals surface area contributed by atoms with Crippen molar-refractivity contribution in [3.8, 4) is 0 Å². The van der Waals surface area contributed by atoms with Crippen molar-refractivity contribution in [3.63, 3.8) is 0 Å². The number of thiophene rings is 1. The minimum atomic E-state index is 0.344. The molecule has 1 atom stereocenters. The Hall–Kier alpha value is -0.900. The lowest BCUT2D eigenvalue weighted by molar-refractivity contribution is 0.581. The van der Waals surface area contributed by atoms with Crippen LogP contribution in [0.15, 0.2) is 36.5 Å². The summed E-state index contributed by atoms with van der Waals surface area (Å²) in [5.41, 5.74) is 1.12. The van der Waals surface area contributed by atoms with Crippen molar-refractivity contribution >= 4 is 22.9 Å². The van der Waals surface area contributed by atoms with Gasteiger partial charge >= 0.3 is 0 Å². The first-order chi connectivity index (χ1) is 8.25. The van der Waals surface area contributed by atoms with E-state index >= 15 is 0 Å². The normalized spacial score (nSPS) is 12.6. The van der Waals surface area contributed by atoms with E-state index in [0.717, 1.165) is 23.0 Å². The summed E-state index contributed by atoms with van der Waals surface area (Å²) in [6.07, 6.45) is 2.78. The molecule has 90 valence electrons. The van der Waals surface area contributed by atoms with Gasteiger partial charge in [0.15, 0.2) is 0 Å². The van der Waals surface area contributed by atoms with E-state index in [1.54, 1.807) is 11.3 Å². The van der Waals surface area contributed by atoms with Gasteiger partial charge in [-0.25, -0.2) is 0 Å². The van der Waals surface area contributed by atoms with E-state index in [9.17, 15) is 0 Å². The molecular weight excluding hydrogens is 252 g/mol. The van der Waals surface area contributed by atoms with Gasteiger partial charge in [0.05, 0.1) is 4.34 Å². The first-order valence-electron chi connectivity index (χ1n) is 5.64. The highest BCUT2D eigenvalue weighted by Crippen LogP contribution is 2.26. The van der Waals surface area contributed by atoms with Crippen molar-refractivity contribution in [2.75, 3.05) is 6.54 Å². The largest absolute Gasteiger partial charge is 0.309 e. The monoisotopic (exact) mass is 266 g/mol. The van der Waals surface area contributed by atoms with Crippen LogP contribution in [-0.2, 0) is 6.42 Å². The smallest absolute Gasteiger partial charge is 0.0931 e. The molecule has 4 heteroatoms. The molecule has 0 saturated heterocycles. The van der Waals surface area contributed by atoms with Crippen molar-refractivity contribution in [2.24, 2.45) is 0 Å². The van der Waals surface area contributed by atoms with Crippen molar-refractivity contribution in [1.29, 1.82) is 0 Å². The summed E-state index contributed by atoms with van der Waals surface area (Å²) in [5.74, 6) is 0. The Morgan fingerprint density at radius 1 is 1.35 bits per heavy atom. The third-order valence-corrected chi connectivity index (χ3v) is 3.99. The van der Waals surface area contributed by atoms with Crippen LogP contribution in [0.1, 0.15) is 23.5 Å². The van der Waals surface area contributed by atoms with Crippen LogP contribution < -0.4 is 5.32 Å². The summed E-state index contributed by atoms with van der Waals surface area (Å²) in [6.45, 7) is 3.08. The van der Waals surface area contributed by atoms with E-state index < -0.39 is 0 Å². The Balaban J connectivity index is 1.79. The third-order valence-electron chi connectivity index (χ3n) is 2.58. The van der Waals surface area contributed by atoms with Crippen LogP contribution in [0.3, 0.4) is 0 Å². The molecule has 17 heavy (non-hydrogen) atoms. The maximum atomic E-state index is 5.92. The van der Waals surface area contributed by atoms with Crippen LogP contribution in [0.25, 0.3) is 0 Å². The number of nitrogens with one attached hydrogen (secondary N) is 1. The summed E-state index contributed by atoms with van der Waals surface area (Å²) in [5, 5.41) is 3.47. The van der Waals surface area contributed by atoms with E-state index in [1.807, 2.05) is 30.5 Å². The minimum Gasteiger partial charge on any atom is -0.309 e. The molecule has 2 heterocycles. The molecule has 0 bridgehead atoms. The van der Waals surface area contributed by atoms with Gasteiger partial charge in [-0.15, -0.1) is 11.3 Å². The lowest BCUT2D eigenvalue weighted by Crippen LogP contribution is -2.20. The fourth-order valence-electron chi connectivity index (χ4n) is 1.62. The Morgan fingerprint density at radius 2 is 2.24 bits per heavy atom. The minimum absolute atomic E-state index is 0.344. The van der Waals surface area contributed by atoms with Crippen LogP contribution >= 0.6 is 22.9 Å². The topological polar surface area (TPSA) is 24.9 Å². The second kappa shape index (κ2) is 6.15. The van der Waals surface area contributed by atoms with Crippen molar-refractivity contribution < 1.29 is 0 Å². The summed E-state index contributed by atoms with van der Waals surface area (Å²) in [6, 6.07) is 10.4. The van der Waals surface area contributed by atoms with Crippen LogP contribution in [0, 0.1) is 0 Å². The van der Waals surface area contributed by atoms with E-state index in [2.05, 4.69) is 23.3 Å². The molecule has 0 aliphatic rings. The fraction of sp³-hybridized carbons (Fsp3) is 0.308. The van der Waals surface area contributed by atoms with Gasteiger partial charge in [-0.3, -0.25) is 4.98 Å². The van der Waals surface area contributed by atoms with Gasteiger partial charge < -0.3 is 5.32 Å². The van der Waals surface area contributed by atoms with Gasteiger partial charge in [0, 0.05) is 35.8 Å². The maximum Gasteiger partial charge on any atom is 0.0931 e.